The van der Waals surface area contributed by atoms with E-state index in [1.165, 1.54) is 32.4 Å². The number of ether oxygens (including phenoxy) is 1. The van der Waals surface area contributed by atoms with Gasteiger partial charge < -0.3 is 14.5 Å². The van der Waals surface area contributed by atoms with E-state index in [0.717, 1.165) is 32.0 Å². The van der Waals surface area contributed by atoms with Gasteiger partial charge in [0.25, 0.3) is 0 Å². The SMILES string of the molecule is CC/C=C(/OCC)N(CCC)CCCN(C)CCC. The predicted octanol–water partition coefficient (Wildman–Crippen LogP) is 3.72. The molecule has 0 fully saturated rings. The maximum absolute atomic E-state index is 5.78. The van der Waals surface area contributed by atoms with Crippen LogP contribution >= 0.6 is 0 Å². The Balaban J connectivity index is 4.26. The molecular formula is C16H34N2O. The van der Waals surface area contributed by atoms with E-state index in [1.54, 1.807) is 0 Å². The molecule has 0 spiro atoms. The molecule has 3 nitrogen and oxygen atoms in total. The van der Waals surface area contributed by atoms with Crippen molar-refractivity contribution in [3.63, 3.8) is 0 Å². The summed E-state index contributed by atoms with van der Waals surface area (Å²) < 4.78 is 5.78. The van der Waals surface area contributed by atoms with Crippen LogP contribution in [-0.2, 0) is 4.74 Å². The summed E-state index contributed by atoms with van der Waals surface area (Å²) in [5, 5.41) is 0. The maximum Gasteiger partial charge on any atom is 0.185 e. The normalized spacial score (nSPS) is 12.0. The van der Waals surface area contributed by atoms with Gasteiger partial charge >= 0.3 is 0 Å². The zero-order valence-corrected chi connectivity index (χ0v) is 13.7. The van der Waals surface area contributed by atoms with Gasteiger partial charge in [0.2, 0.25) is 0 Å². The van der Waals surface area contributed by atoms with Gasteiger partial charge in [0.15, 0.2) is 5.88 Å². The highest BCUT2D eigenvalue weighted by molar-refractivity contribution is 4.92. The van der Waals surface area contributed by atoms with Crippen LogP contribution in [0, 0.1) is 0 Å². The van der Waals surface area contributed by atoms with Crippen molar-refractivity contribution in [2.75, 3.05) is 39.8 Å². The van der Waals surface area contributed by atoms with Crippen molar-refractivity contribution in [1.29, 1.82) is 0 Å². The molecule has 0 heterocycles. The summed E-state index contributed by atoms with van der Waals surface area (Å²) in [5.74, 6) is 1.07. The number of rotatable bonds is 12. The highest BCUT2D eigenvalue weighted by Crippen LogP contribution is 2.10. The average molecular weight is 270 g/mol. The minimum absolute atomic E-state index is 0.752. The average Bonchev–Trinajstić information content (AvgIpc) is 2.38. The van der Waals surface area contributed by atoms with Gasteiger partial charge in [0.05, 0.1) is 6.61 Å². The molecule has 0 aliphatic carbocycles. The molecule has 0 unspecified atom stereocenters. The van der Waals surface area contributed by atoms with Crippen LogP contribution in [0.3, 0.4) is 0 Å². The predicted molar refractivity (Wildman–Crippen MR) is 84.3 cm³/mol. The van der Waals surface area contributed by atoms with Crippen LogP contribution in [0.1, 0.15) is 53.4 Å². The first-order chi connectivity index (χ1) is 9.19. The van der Waals surface area contributed by atoms with Crippen LogP contribution in [0.5, 0.6) is 0 Å². The second kappa shape index (κ2) is 12.3. The molecule has 0 saturated carbocycles. The Morgan fingerprint density at radius 1 is 0.947 bits per heavy atom. The van der Waals surface area contributed by atoms with Gasteiger partial charge in [-0.25, -0.2) is 0 Å². The topological polar surface area (TPSA) is 15.7 Å². The van der Waals surface area contributed by atoms with Crippen molar-refractivity contribution in [2.24, 2.45) is 0 Å². The first kappa shape index (κ1) is 18.3. The molecule has 0 bridgehead atoms. The van der Waals surface area contributed by atoms with Gasteiger partial charge in [0, 0.05) is 13.1 Å². The highest BCUT2D eigenvalue weighted by atomic mass is 16.5. The first-order valence-corrected chi connectivity index (χ1v) is 7.95. The number of hydrogen-bond donors (Lipinski definition) is 0. The Morgan fingerprint density at radius 3 is 2.16 bits per heavy atom. The van der Waals surface area contributed by atoms with Gasteiger partial charge in [-0.05, 0) is 58.8 Å². The van der Waals surface area contributed by atoms with Gasteiger partial charge in [-0.15, -0.1) is 0 Å². The van der Waals surface area contributed by atoms with Crippen molar-refractivity contribution in [1.82, 2.24) is 9.80 Å². The Hall–Kier alpha value is -0.700. The fraction of sp³-hybridized carbons (Fsp3) is 0.875. The molecule has 114 valence electrons. The molecule has 0 aromatic carbocycles. The molecule has 0 saturated heterocycles. The molecule has 0 amide bonds. The molecule has 0 radical (unpaired) electrons. The second-order valence-electron chi connectivity index (χ2n) is 5.03. The van der Waals surface area contributed by atoms with E-state index in [0.29, 0.717) is 0 Å². The van der Waals surface area contributed by atoms with Crippen LogP contribution in [0.25, 0.3) is 0 Å². The smallest absolute Gasteiger partial charge is 0.185 e. The van der Waals surface area contributed by atoms with Crippen LogP contribution < -0.4 is 0 Å². The molecule has 19 heavy (non-hydrogen) atoms. The summed E-state index contributed by atoms with van der Waals surface area (Å²) in [7, 11) is 2.21. The van der Waals surface area contributed by atoms with Gasteiger partial charge in [-0.3, -0.25) is 0 Å². The van der Waals surface area contributed by atoms with Gasteiger partial charge in [0.1, 0.15) is 0 Å². The van der Waals surface area contributed by atoms with Crippen molar-refractivity contribution in [3.05, 3.63) is 12.0 Å². The highest BCUT2D eigenvalue weighted by Gasteiger charge is 2.09. The molecular weight excluding hydrogens is 236 g/mol. The quantitative estimate of drug-likeness (QED) is 0.503. The number of nitrogens with zero attached hydrogens (tertiary/aromatic N) is 2. The van der Waals surface area contributed by atoms with Crippen molar-refractivity contribution >= 4 is 0 Å². The fourth-order valence-corrected chi connectivity index (χ4v) is 2.23. The Labute approximate surface area is 120 Å². The van der Waals surface area contributed by atoms with Crippen LogP contribution in [-0.4, -0.2) is 49.6 Å². The van der Waals surface area contributed by atoms with Crippen molar-refractivity contribution < 1.29 is 4.74 Å². The molecule has 0 aliphatic rings. The van der Waals surface area contributed by atoms with E-state index < -0.39 is 0 Å². The van der Waals surface area contributed by atoms with E-state index in [4.69, 9.17) is 4.74 Å². The molecule has 0 aromatic rings. The van der Waals surface area contributed by atoms with E-state index >= 15 is 0 Å². The largest absolute Gasteiger partial charge is 0.480 e. The minimum atomic E-state index is 0.752. The standard InChI is InChI=1S/C16H34N2O/c1-6-11-16(19-9-4)18(13-8-3)15-10-14-17(5)12-7-2/h11H,6-10,12-15H2,1-5H3/b16-11+. The summed E-state index contributed by atoms with van der Waals surface area (Å²) in [6.07, 6.45) is 6.83. The molecule has 0 N–H and O–H groups in total. The van der Waals surface area contributed by atoms with E-state index in [2.05, 4.69) is 50.6 Å². The zero-order valence-electron chi connectivity index (χ0n) is 13.7. The van der Waals surface area contributed by atoms with Gasteiger partial charge in [-0.1, -0.05) is 20.8 Å². The van der Waals surface area contributed by atoms with E-state index in [-0.39, 0.29) is 0 Å². The van der Waals surface area contributed by atoms with Gasteiger partial charge in [-0.2, -0.15) is 0 Å². The summed E-state index contributed by atoms with van der Waals surface area (Å²) in [5.41, 5.74) is 0. The Kier molecular flexibility index (Phi) is 11.9. The third-order valence-electron chi connectivity index (χ3n) is 3.05. The fourth-order valence-electron chi connectivity index (χ4n) is 2.23. The molecule has 0 atom stereocenters. The minimum Gasteiger partial charge on any atom is -0.480 e. The molecule has 0 rings (SSSR count). The summed E-state index contributed by atoms with van der Waals surface area (Å²) in [6.45, 7) is 14.0. The lowest BCUT2D eigenvalue weighted by atomic mass is 10.3. The zero-order chi connectivity index (χ0) is 14.5. The lowest BCUT2D eigenvalue weighted by molar-refractivity contribution is 0.116. The Morgan fingerprint density at radius 2 is 1.63 bits per heavy atom. The molecule has 0 aromatic heterocycles. The monoisotopic (exact) mass is 270 g/mol. The Bertz CT molecular complexity index is 229. The van der Waals surface area contributed by atoms with Crippen LogP contribution in [0.2, 0.25) is 0 Å². The molecule has 3 heteroatoms. The third-order valence-corrected chi connectivity index (χ3v) is 3.05. The summed E-state index contributed by atoms with van der Waals surface area (Å²) in [6, 6.07) is 0. The number of allylic oxidation sites excluding steroid dienone is 1. The van der Waals surface area contributed by atoms with Crippen LogP contribution in [0.15, 0.2) is 12.0 Å². The first-order valence-electron chi connectivity index (χ1n) is 7.95. The van der Waals surface area contributed by atoms with Crippen molar-refractivity contribution in [2.45, 2.75) is 53.4 Å². The van der Waals surface area contributed by atoms with E-state index in [9.17, 15) is 0 Å². The summed E-state index contributed by atoms with van der Waals surface area (Å²) in [4.78, 5) is 4.81. The van der Waals surface area contributed by atoms with E-state index in [1.807, 2.05) is 0 Å². The maximum atomic E-state index is 5.78. The molecule has 0 aliphatic heterocycles. The second-order valence-corrected chi connectivity index (χ2v) is 5.03. The lowest BCUT2D eigenvalue weighted by Crippen LogP contribution is -2.30. The lowest BCUT2D eigenvalue weighted by Gasteiger charge is -2.27. The van der Waals surface area contributed by atoms with Crippen LogP contribution in [0.4, 0.5) is 0 Å². The number of hydrogen-bond acceptors (Lipinski definition) is 3. The van der Waals surface area contributed by atoms with Crippen molar-refractivity contribution in [3.8, 4) is 0 Å². The summed E-state index contributed by atoms with van der Waals surface area (Å²) >= 11 is 0. The third kappa shape index (κ3) is 8.93.